The number of benzene rings is 1. The number of anilines is 2. The van der Waals surface area contributed by atoms with E-state index in [0.29, 0.717) is 18.0 Å². The van der Waals surface area contributed by atoms with Crippen LogP contribution < -0.4 is 15.1 Å². The fourth-order valence-corrected chi connectivity index (χ4v) is 3.80. The van der Waals surface area contributed by atoms with E-state index in [1.807, 2.05) is 13.2 Å². The van der Waals surface area contributed by atoms with Crippen molar-refractivity contribution in [2.24, 2.45) is 11.8 Å². The molecule has 2 rings (SSSR count). The van der Waals surface area contributed by atoms with Gasteiger partial charge < -0.3 is 20.0 Å². The van der Waals surface area contributed by atoms with Crippen molar-refractivity contribution in [3.63, 3.8) is 0 Å². The first kappa shape index (κ1) is 20.2. The predicted molar refractivity (Wildman–Crippen MR) is 114 cm³/mol. The molecule has 1 atom stereocenters. The molecule has 1 aromatic rings. The van der Waals surface area contributed by atoms with Gasteiger partial charge in [-0.2, -0.15) is 0 Å². The van der Waals surface area contributed by atoms with Gasteiger partial charge in [0.15, 0.2) is 0 Å². The molecule has 0 saturated carbocycles. The molecule has 0 radical (unpaired) electrons. The maximum atomic E-state index is 3.13. The molecule has 144 valence electrons. The van der Waals surface area contributed by atoms with E-state index in [0.717, 1.165) is 13.0 Å². The van der Waals surface area contributed by atoms with Gasteiger partial charge >= 0.3 is 0 Å². The van der Waals surface area contributed by atoms with E-state index in [-0.39, 0.29) is 0 Å². The van der Waals surface area contributed by atoms with Crippen molar-refractivity contribution in [1.29, 1.82) is 0 Å². The molecule has 0 fully saturated rings. The minimum Gasteiger partial charge on any atom is -0.393 e. The molecule has 0 amide bonds. The molecular formula is C22H36N4. The quantitative estimate of drug-likeness (QED) is 0.734. The summed E-state index contributed by atoms with van der Waals surface area (Å²) in [5, 5.41) is 3.13. The molecule has 0 aromatic heterocycles. The highest BCUT2D eigenvalue weighted by molar-refractivity contribution is 5.70. The van der Waals surface area contributed by atoms with Gasteiger partial charge in [0.25, 0.3) is 0 Å². The lowest BCUT2D eigenvalue weighted by atomic mass is 10.0. The van der Waals surface area contributed by atoms with Crippen LogP contribution in [0.25, 0.3) is 0 Å². The normalized spacial score (nSPS) is 17.2. The van der Waals surface area contributed by atoms with E-state index >= 15 is 0 Å². The van der Waals surface area contributed by atoms with E-state index < -0.39 is 0 Å². The van der Waals surface area contributed by atoms with Crippen LogP contribution in [-0.2, 0) is 6.42 Å². The lowest BCUT2D eigenvalue weighted by Crippen LogP contribution is -2.41. The second-order valence-corrected chi connectivity index (χ2v) is 7.81. The first-order valence-corrected chi connectivity index (χ1v) is 9.81. The molecule has 1 aliphatic rings. The zero-order valence-corrected chi connectivity index (χ0v) is 17.5. The van der Waals surface area contributed by atoms with Crippen LogP contribution in [0.15, 0.2) is 43.0 Å². The second kappa shape index (κ2) is 9.02. The average Bonchev–Trinajstić information content (AvgIpc) is 2.99. The molecule has 4 heteroatoms. The summed E-state index contributed by atoms with van der Waals surface area (Å²) < 4.78 is 0. The molecule has 4 nitrogen and oxygen atoms in total. The summed E-state index contributed by atoms with van der Waals surface area (Å²) in [5.41, 5.74) is 4.02. The van der Waals surface area contributed by atoms with Crippen LogP contribution in [0.1, 0.15) is 40.2 Å². The summed E-state index contributed by atoms with van der Waals surface area (Å²) in [5.74, 6) is 1.13. The Kier molecular flexibility index (Phi) is 7.01. The number of nitrogens with zero attached hydrogens (tertiary/aromatic N) is 3. The van der Waals surface area contributed by atoms with Crippen LogP contribution in [0.3, 0.4) is 0 Å². The van der Waals surface area contributed by atoms with E-state index in [4.69, 9.17) is 0 Å². The summed E-state index contributed by atoms with van der Waals surface area (Å²) in [7, 11) is 4.11. The maximum Gasteiger partial charge on any atom is 0.107 e. The number of rotatable bonds is 8. The highest BCUT2D eigenvalue weighted by atomic mass is 15.4. The standard InChI is InChI=1S/C22H36N4/c1-8-19-20(25(13-12-23-6)16-17(2)3)10-9-11-21(19)26-15-14-24(7)22(26)18(4)5/h9-15,17-18,22-23H,8,16H2,1-7H3/b13-12-. The monoisotopic (exact) mass is 356 g/mol. The largest absolute Gasteiger partial charge is 0.393 e. The highest BCUT2D eigenvalue weighted by Crippen LogP contribution is 2.36. The summed E-state index contributed by atoms with van der Waals surface area (Å²) in [6, 6.07) is 6.70. The van der Waals surface area contributed by atoms with Crippen molar-refractivity contribution in [2.45, 2.75) is 47.2 Å². The third-order valence-electron chi connectivity index (χ3n) is 4.81. The smallest absolute Gasteiger partial charge is 0.107 e. The lowest BCUT2D eigenvalue weighted by Gasteiger charge is -2.36. The Hall–Kier alpha value is -2.10. The van der Waals surface area contributed by atoms with Crippen LogP contribution in [0.5, 0.6) is 0 Å². The van der Waals surface area contributed by atoms with Crippen LogP contribution in [-0.4, -0.2) is 31.7 Å². The summed E-state index contributed by atoms with van der Waals surface area (Å²) in [6.45, 7) is 12.4. The van der Waals surface area contributed by atoms with Gasteiger partial charge in [0, 0.05) is 56.8 Å². The molecule has 1 N–H and O–H groups in total. The van der Waals surface area contributed by atoms with Gasteiger partial charge in [-0.15, -0.1) is 0 Å². The average molecular weight is 357 g/mol. The van der Waals surface area contributed by atoms with E-state index in [2.05, 4.69) is 98.5 Å². The number of hydrogen-bond acceptors (Lipinski definition) is 4. The van der Waals surface area contributed by atoms with Crippen molar-refractivity contribution in [3.05, 3.63) is 48.6 Å². The summed E-state index contributed by atoms with van der Waals surface area (Å²) in [4.78, 5) is 7.11. The fraction of sp³-hybridized carbons (Fsp3) is 0.545. The Labute approximate surface area is 160 Å². The summed E-state index contributed by atoms with van der Waals surface area (Å²) >= 11 is 0. The Bertz CT molecular complexity index is 633. The predicted octanol–water partition coefficient (Wildman–Crippen LogP) is 4.61. The SMILES string of the molecule is CCc1c(N(/C=C\NC)CC(C)C)cccc1N1C=CN(C)C1C(C)C. The minimum absolute atomic E-state index is 0.363. The maximum absolute atomic E-state index is 3.13. The van der Waals surface area contributed by atoms with Crippen molar-refractivity contribution in [1.82, 2.24) is 10.2 Å². The molecule has 1 aromatic carbocycles. The molecule has 1 aliphatic heterocycles. The molecule has 1 unspecified atom stereocenters. The number of nitrogens with one attached hydrogen (secondary N) is 1. The van der Waals surface area contributed by atoms with Crippen LogP contribution >= 0.6 is 0 Å². The molecule has 0 aliphatic carbocycles. The minimum atomic E-state index is 0.363. The lowest BCUT2D eigenvalue weighted by molar-refractivity contribution is 0.283. The van der Waals surface area contributed by atoms with E-state index in [1.54, 1.807) is 0 Å². The van der Waals surface area contributed by atoms with Gasteiger partial charge in [0.1, 0.15) is 6.17 Å². The van der Waals surface area contributed by atoms with Crippen molar-refractivity contribution < 1.29 is 0 Å². The van der Waals surface area contributed by atoms with Crippen LogP contribution in [0.4, 0.5) is 11.4 Å². The number of hydrogen-bond donors (Lipinski definition) is 1. The van der Waals surface area contributed by atoms with Gasteiger partial charge in [0.2, 0.25) is 0 Å². The Balaban J connectivity index is 2.48. The zero-order chi connectivity index (χ0) is 19.3. The van der Waals surface area contributed by atoms with Gasteiger partial charge in [0.05, 0.1) is 0 Å². The first-order chi connectivity index (χ1) is 12.4. The Morgan fingerprint density at radius 2 is 1.92 bits per heavy atom. The van der Waals surface area contributed by atoms with E-state index in [9.17, 15) is 0 Å². The molecule has 1 heterocycles. The molecular weight excluding hydrogens is 320 g/mol. The molecule has 26 heavy (non-hydrogen) atoms. The molecule has 0 saturated heterocycles. The topological polar surface area (TPSA) is 21.8 Å². The van der Waals surface area contributed by atoms with Crippen molar-refractivity contribution in [2.75, 3.05) is 30.4 Å². The third kappa shape index (κ3) is 4.35. The molecule has 0 spiro atoms. The van der Waals surface area contributed by atoms with E-state index in [1.165, 1.54) is 16.9 Å². The van der Waals surface area contributed by atoms with Gasteiger partial charge in [-0.3, -0.25) is 0 Å². The fourth-order valence-electron chi connectivity index (χ4n) is 3.80. The Morgan fingerprint density at radius 3 is 2.50 bits per heavy atom. The zero-order valence-electron chi connectivity index (χ0n) is 17.5. The van der Waals surface area contributed by atoms with Crippen LogP contribution in [0.2, 0.25) is 0 Å². The highest BCUT2D eigenvalue weighted by Gasteiger charge is 2.29. The summed E-state index contributed by atoms with van der Waals surface area (Å²) in [6.07, 6.45) is 9.94. The van der Waals surface area contributed by atoms with Crippen molar-refractivity contribution >= 4 is 11.4 Å². The van der Waals surface area contributed by atoms with Gasteiger partial charge in [-0.25, -0.2) is 0 Å². The van der Waals surface area contributed by atoms with Gasteiger partial charge in [-0.05, 0) is 36.0 Å². The second-order valence-electron chi connectivity index (χ2n) is 7.81. The Morgan fingerprint density at radius 1 is 1.19 bits per heavy atom. The molecule has 0 bridgehead atoms. The van der Waals surface area contributed by atoms with Crippen LogP contribution in [0, 0.1) is 11.8 Å². The first-order valence-electron chi connectivity index (χ1n) is 9.81. The van der Waals surface area contributed by atoms with Crippen molar-refractivity contribution in [3.8, 4) is 0 Å². The third-order valence-corrected chi connectivity index (χ3v) is 4.81. The van der Waals surface area contributed by atoms with Gasteiger partial charge in [-0.1, -0.05) is 40.7 Å².